The molecule has 106 valence electrons. The van der Waals surface area contributed by atoms with E-state index in [0.29, 0.717) is 12.0 Å². The smallest absolute Gasteiger partial charge is 0.128 e. The molecule has 0 radical (unpaired) electrons. The zero-order valence-corrected chi connectivity index (χ0v) is 13.2. The highest BCUT2D eigenvalue weighted by atomic mass is 79.9. The van der Waals surface area contributed by atoms with Crippen LogP contribution in [0.5, 0.6) is 0 Å². The van der Waals surface area contributed by atoms with Crippen LogP contribution in [0.25, 0.3) is 0 Å². The van der Waals surface area contributed by atoms with Crippen molar-refractivity contribution in [1.82, 2.24) is 10.3 Å². The van der Waals surface area contributed by atoms with Crippen LogP contribution in [-0.4, -0.2) is 11.5 Å². The van der Waals surface area contributed by atoms with Crippen molar-refractivity contribution in [3.05, 3.63) is 63.6 Å². The maximum absolute atomic E-state index is 14.1. The van der Waals surface area contributed by atoms with E-state index in [-0.39, 0.29) is 11.9 Å². The summed E-state index contributed by atoms with van der Waals surface area (Å²) in [4.78, 5) is 4.40. The number of likely N-dealkylation sites (N-methyl/N-ethyl adjacent to an activating group) is 1. The van der Waals surface area contributed by atoms with Crippen molar-refractivity contribution in [3.8, 4) is 0 Å². The summed E-state index contributed by atoms with van der Waals surface area (Å²) in [5.41, 5.74) is 2.80. The normalized spacial score (nSPS) is 12.4. The molecule has 0 spiro atoms. The fourth-order valence-corrected chi connectivity index (χ4v) is 2.62. The Labute approximate surface area is 127 Å². The molecule has 0 bridgehead atoms. The van der Waals surface area contributed by atoms with E-state index in [0.717, 1.165) is 22.3 Å². The first-order valence-corrected chi connectivity index (χ1v) is 7.50. The quantitative estimate of drug-likeness (QED) is 0.885. The van der Waals surface area contributed by atoms with Gasteiger partial charge in [-0.05, 0) is 43.3 Å². The van der Waals surface area contributed by atoms with Crippen LogP contribution in [0.15, 0.2) is 41.0 Å². The average molecular weight is 337 g/mol. The molecule has 1 N–H and O–H groups in total. The minimum atomic E-state index is -0.187. The maximum atomic E-state index is 14.1. The molecule has 0 aliphatic heterocycles. The minimum Gasteiger partial charge on any atom is -0.310 e. The van der Waals surface area contributed by atoms with Crippen molar-refractivity contribution in [3.63, 3.8) is 0 Å². The van der Waals surface area contributed by atoms with Gasteiger partial charge in [-0.1, -0.05) is 28.9 Å². The van der Waals surface area contributed by atoms with E-state index in [1.54, 1.807) is 12.3 Å². The second kappa shape index (κ2) is 6.95. The van der Waals surface area contributed by atoms with Gasteiger partial charge < -0.3 is 5.32 Å². The van der Waals surface area contributed by atoms with Crippen molar-refractivity contribution in [1.29, 1.82) is 0 Å². The van der Waals surface area contributed by atoms with Crippen molar-refractivity contribution in [2.45, 2.75) is 26.3 Å². The summed E-state index contributed by atoms with van der Waals surface area (Å²) in [6, 6.07) is 8.92. The van der Waals surface area contributed by atoms with Gasteiger partial charge in [-0.3, -0.25) is 4.98 Å². The Kier molecular flexibility index (Phi) is 5.26. The van der Waals surface area contributed by atoms with Gasteiger partial charge >= 0.3 is 0 Å². The van der Waals surface area contributed by atoms with Crippen LogP contribution in [0.3, 0.4) is 0 Å². The summed E-state index contributed by atoms with van der Waals surface area (Å²) in [5, 5.41) is 3.34. The zero-order chi connectivity index (χ0) is 14.5. The van der Waals surface area contributed by atoms with Gasteiger partial charge in [0, 0.05) is 34.4 Å². The largest absolute Gasteiger partial charge is 0.310 e. The lowest BCUT2D eigenvalue weighted by Crippen LogP contribution is -2.24. The van der Waals surface area contributed by atoms with Crippen LogP contribution in [0.1, 0.15) is 29.8 Å². The molecule has 2 nitrogen and oxygen atoms in total. The number of hydrogen-bond donors (Lipinski definition) is 1. The average Bonchev–Trinajstić information content (AvgIpc) is 2.43. The van der Waals surface area contributed by atoms with Crippen molar-refractivity contribution in [2.75, 3.05) is 6.54 Å². The summed E-state index contributed by atoms with van der Waals surface area (Å²) in [6.07, 6.45) is 2.45. The number of pyridine rings is 1. The molecule has 1 unspecified atom stereocenters. The minimum absolute atomic E-state index is 0.0777. The first-order valence-electron chi connectivity index (χ1n) is 6.70. The van der Waals surface area contributed by atoms with Crippen molar-refractivity contribution < 1.29 is 4.39 Å². The molecule has 2 aromatic rings. The number of nitrogens with zero attached hydrogens (tertiary/aromatic N) is 1. The van der Waals surface area contributed by atoms with Crippen LogP contribution >= 0.6 is 15.9 Å². The first-order chi connectivity index (χ1) is 9.61. The van der Waals surface area contributed by atoms with E-state index in [1.165, 1.54) is 6.07 Å². The highest BCUT2D eigenvalue weighted by molar-refractivity contribution is 9.10. The molecule has 1 heterocycles. The second-order valence-corrected chi connectivity index (χ2v) is 5.66. The topological polar surface area (TPSA) is 24.9 Å². The number of benzene rings is 1. The molecule has 0 aliphatic carbocycles. The second-order valence-electron chi connectivity index (χ2n) is 4.75. The molecule has 1 atom stereocenters. The Morgan fingerprint density at radius 2 is 2.15 bits per heavy atom. The molecule has 0 aliphatic rings. The molecule has 1 aromatic heterocycles. The van der Waals surface area contributed by atoms with E-state index in [9.17, 15) is 4.39 Å². The summed E-state index contributed by atoms with van der Waals surface area (Å²) < 4.78 is 14.9. The van der Waals surface area contributed by atoms with Gasteiger partial charge in [-0.25, -0.2) is 4.39 Å². The predicted molar refractivity (Wildman–Crippen MR) is 83.2 cm³/mol. The third-order valence-corrected chi connectivity index (χ3v) is 3.79. The van der Waals surface area contributed by atoms with Gasteiger partial charge in [0.25, 0.3) is 0 Å². The number of halogens is 2. The van der Waals surface area contributed by atoms with E-state index >= 15 is 0 Å². The van der Waals surface area contributed by atoms with Crippen LogP contribution in [0, 0.1) is 12.7 Å². The first kappa shape index (κ1) is 15.1. The molecule has 0 saturated heterocycles. The third kappa shape index (κ3) is 3.64. The van der Waals surface area contributed by atoms with E-state index in [2.05, 4.69) is 26.2 Å². The number of aromatic nitrogens is 1. The summed E-state index contributed by atoms with van der Waals surface area (Å²) in [5.74, 6) is -0.187. The highest BCUT2D eigenvalue weighted by Crippen LogP contribution is 2.25. The summed E-state index contributed by atoms with van der Waals surface area (Å²) in [7, 11) is 0. The van der Waals surface area contributed by atoms with Crippen LogP contribution in [-0.2, 0) is 6.42 Å². The molecular formula is C16H18BrFN2. The van der Waals surface area contributed by atoms with Gasteiger partial charge in [0.15, 0.2) is 0 Å². The molecule has 4 heteroatoms. The Hall–Kier alpha value is -1.26. The van der Waals surface area contributed by atoms with Gasteiger partial charge in [0.05, 0.1) is 0 Å². The monoisotopic (exact) mass is 336 g/mol. The van der Waals surface area contributed by atoms with Crippen LogP contribution in [0.2, 0.25) is 0 Å². The van der Waals surface area contributed by atoms with Crippen LogP contribution in [0.4, 0.5) is 4.39 Å². The van der Waals surface area contributed by atoms with Gasteiger partial charge in [0.1, 0.15) is 5.82 Å². The Morgan fingerprint density at radius 3 is 2.85 bits per heavy atom. The molecule has 20 heavy (non-hydrogen) atoms. The molecule has 1 aromatic carbocycles. The Bertz CT molecular complexity index is 586. The van der Waals surface area contributed by atoms with Gasteiger partial charge in [-0.15, -0.1) is 0 Å². The summed E-state index contributed by atoms with van der Waals surface area (Å²) in [6.45, 7) is 4.83. The number of aryl methyl sites for hydroxylation is 1. The molecule has 0 amide bonds. The fraction of sp³-hybridized carbons (Fsp3) is 0.312. The molecular weight excluding hydrogens is 319 g/mol. The number of hydrogen-bond acceptors (Lipinski definition) is 2. The molecule has 0 fully saturated rings. The summed E-state index contributed by atoms with van der Waals surface area (Å²) >= 11 is 3.41. The number of nitrogens with one attached hydrogen (secondary N) is 1. The SMILES string of the molecule is CCNC(Cc1ncccc1C)c1cc(Br)ccc1F. The Morgan fingerprint density at radius 1 is 1.35 bits per heavy atom. The molecule has 0 saturated carbocycles. The lowest BCUT2D eigenvalue weighted by atomic mass is 9.99. The van der Waals surface area contributed by atoms with Crippen LogP contribution < -0.4 is 5.32 Å². The Balaban J connectivity index is 2.32. The van der Waals surface area contributed by atoms with E-state index in [4.69, 9.17) is 0 Å². The lowest BCUT2D eigenvalue weighted by Gasteiger charge is -2.20. The lowest BCUT2D eigenvalue weighted by molar-refractivity contribution is 0.505. The van der Waals surface area contributed by atoms with Gasteiger partial charge in [-0.2, -0.15) is 0 Å². The van der Waals surface area contributed by atoms with E-state index in [1.807, 2.05) is 32.0 Å². The maximum Gasteiger partial charge on any atom is 0.128 e. The van der Waals surface area contributed by atoms with E-state index < -0.39 is 0 Å². The highest BCUT2D eigenvalue weighted by Gasteiger charge is 2.17. The van der Waals surface area contributed by atoms with Gasteiger partial charge in [0.2, 0.25) is 0 Å². The zero-order valence-electron chi connectivity index (χ0n) is 11.7. The fourth-order valence-electron chi connectivity index (χ4n) is 2.25. The predicted octanol–water partition coefficient (Wildman–Crippen LogP) is 4.18. The molecule has 2 rings (SSSR count). The standard InChI is InChI=1S/C16H18BrFN2/c1-3-19-16(10-15-11(2)5-4-8-20-15)13-9-12(17)6-7-14(13)18/h4-9,16,19H,3,10H2,1-2H3. The number of rotatable bonds is 5. The van der Waals surface area contributed by atoms with Crippen molar-refractivity contribution in [2.24, 2.45) is 0 Å². The van der Waals surface area contributed by atoms with Crippen molar-refractivity contribution >= 4 is 15.9 Å². The third-order valence-electron chi connectivity index (χ3n) is 3.30.